The van der Waals surface area contributed by atoms with Gasteiger partial charge in [0.1, 0.15) is 0 Å². The van der Waals surface area contributed by atoms with Crippen LogP contribution in [0, 0.1) is 17.3 Å². The first-order valence-electron chi connectivity index (χ1n) is 6.60. The molecule has 1 N–H and O–H groups in total. The van der Waals surface area contributed by atoms with Crippen LogP contribution in [0.2, 0.25) is 0 Å². The molecule has 90 valence electrons. The lowest BCUT2D eigenvalue weighted by atomic mass is 9.75. The third-order valence-electron chi connectivity index (χ3n) is 3.89. The Hall–Kier alpha value is -0.0400. The molecule has 0 amide bonds. The number of rotatable bonds is 3. The minimum Gasteiger partial charge on any atom is -0.393 e. The molecule has 0 saturated heterocycles. The number of hydrogen-bond donors (Lipinski definition) is 1. The zero-order valence-electron chi connectivity index (χ0n) is 10.9. The van der Waals surface area contributed by atoms with Gasteiger partial charge in [-0.2, -0.15) is 0 Å². The molecule has 1 aliphatic rings. The van der Waals surface area contributed by atoms with E-state index in [4.69, 9.17) is 0 Å². The molecule has 0 aromatic carbocycles. The summed E-state index contributed by atoms with van der Waals surface area (Å²) in [5.41, 5.74) is 0.451. The molecular formula is C14H28O. The highest BCUT2D eigenvalue weighted by Crippen LogP contribution is 2.35. The van der Waals surface area contributed by atoms with Gasteiger partial charge < -0.3 is 5.11 Å². The fourth-order valence-corrected chi connectivity index (χ4v) is 2.67. The summed E-state index contributed by atoms with van der Waals surface area (Å²) in [4.78, 5) is 0. The Morgan fingerprint density at radius 1 is 1.20 bits per heavy atom. The molecule has 3 unspecified atom stereocenters. The van der Waals surface area contributed by atoms with E-state index in [9.17, 15) is 5.11 Å². The number of aliphatic hydroxyl groups is 1. The van der Waals surface area contributed by atoms with E-state index in [0.717, 1.165) is 18.8 Å². The Balaban J connectivity index is 2.29. The molecule has 0 bridgehead atoms. The van der Waals surface area contributed by atoms with Gasteiger partial charge in [-0.25, -0.2) is 0 Å². The highest BCUT2D eigenvalue weighted by molar-refractivity contribution is 4.80. The molecule has 1 fully saturated rings. The third-order valence-corrected chi connectivity index (χ3v) is 3.89. The summed E-state index contributed by atoms with van der Waals surface area (Å²) in [5.74, 6) is 1.36. The van der Waals surface area contributed by atoms with E-state index in [0.29, 0.717) is 11.3 Å². The first-order chi connectivity index (χ1) is 6.92. The summed E-state index contributed by atoms with van der Waals surface area (Å²) in [7, 11) is 0. The Bertz CT molecular complexity index is 180. The molecule has 3 atom stereocenters. The second-order valence-electron chi connectivity index (χ2n) is 6.51. The highest BCUT2D eigenvalue weighted by Gasteiger charge is 2.28. The van der Waals surface area contributed by atoms with Crippen LogP contribution in [0.15, 0.2) is 0 Å². The van der Waals surface area contributed by atoms with Gasteiger partial charge in [-0.15, -0.1) is 0 Å². The molecule has 0 aromatic rings. The van der Waals surface area contributed by atoms with E-state index < -0.39 is 0 Å². The van der Waals surface area contributed by atoms with Gasteiger partial charge in [-0.1, -0.05) is 34.1 Å². The lowest BCUT2D eigenvalue weighted by Crippen LogP contribution is -2.29. The Labute approximate surface area is 95.3 Å². The molecule has 1 heteroatoms. The van der Waals surface area contributed by atoms with Crippen molar-refractivity contribution in [2.45, 2.75) is 72.3 Å². The molecule has 15 heavy (non-hydrogen) atoms. The van der Waals surface area contributed by atoms with Gasteiger partial charge >= 0.3 is 0 Å². The SMILES string of the molecule is CCC1CCC(CCC(C)(C)C)CC1O. The van der Waals surface area contributed by atoms with Gasteiger partial charge in [0.05, 0.1) is 6.10 Å². The first-order valence-corrected chi connectivity index (χ1v) is 6.60. The van der Waals surface area contributed by atoms with Crippen molar-refractivity contribution >= 4 is 0 Å². The fraction of sp³-hybridized carbons (Fsp3) is 1.00. The fourth-order valence-electron chi connectivity index (χ4n) is 2.67. The van der Waals surface area contributed by atoms with Crippen molar-refractivity contribution in [3.05, 3.63) is 0 Å². The van der Waals surface area contributed by atoms with Crippen LogP contribution < -0.4 is 0 Å². The molecule has 1 rings (SSSR count). The van der Waals surface area contributed by atoms with Crippen molar-refractivity contribution in [2.75, 3.05) is 0 Å². The topological polar surface area (TPSA) is 20.2 Å². The van der Waals surface area contributed by atoms with Crippen LogP contribution in [0.3, 0.4) is 0 Å². The van der Waals surface area contributed by atoms with Crippen molar-refractivity contribution in [3.8, 4) is 0 Å². The van der Waals surface area contributed by atoms with Gasteiger partial charge in [0, 0.05) is 0 Å². The predicted molar refractivity (Wildman–Crippen MR) is 65.8 cm³/mol. The number of aliphatic hydroxyl groups excluding tert-OH is 1. The maximum absolute atomic E-state index is 9.97. The summed E-state index contributed by atoms with van der Waals surface area (Å²) >= 11 is 0. The highest BCUT2D eigenvalue weighted by atomic mass is 16.3. The molecule has 0 aromatic heterocycles. The average molecular weight is 212 g/mol. The second kappa shape index (κ2) is 5.34. The summed E-state index contributed by atoms with van der Waals surface area (Å²) < 4.78 is 0. The van der Waals surface area contributed by atoms with Crippen LogP contribution in [-0.4, -0.2) is 11.2 Å². The Morgan fingerprint density at radius 2 is 1.87 bits per heavy atom. The van der Waals surface area contributed by atoms with E-state index in [1.807, 2.05) is 0 Å². The zero-order chi connectivity index (χ0) is 11.5. The summed E-state index contributed by atoms with van der Waals surface area (Å²) in [6, 6.07) is 0. The summed E-state index contributed by atoms with van der Waals surface area (Å²) in [6.07, 6.45) is 7.35. The molecule has 0 radical (unpaired) electrons. The normalized spacial score (nSPS) is 33.0. The van der Waals surface area contributed by atoms with E-state index in [-0.39, 0.29) is 6.10 Å². The van der Waals surface area contributed by atoms with Crippen molar-refractivity contribution < 1.29 is 5.11 Å². The van der Waals surface area contributed by atoms with Gasteiger partial charge in [0.2, 0.25) is 0 Å². The molecular weight excluding hydrogens is 184 g/mol. The van der Waals surface area contributed by atoms with Gasteiger partial charge in [0.25, 0.3) is 0 Å². The average Bonchev–Trinajstić information content (AvgIpc) is 2.14. The summed E-state index contributed by atoms with van der Waals surface area (Å²) in [5, 5.41) is 9.97. The van der Waals surface area contributed by atoms with Crippen molar-refractivity contribution in [2.24, 2.45) is 17.3 Å². The van der Waals surface area contributed by atoms with Crippen LogP contribution in [-0.2, 0) is 0 Å². The number of hydrogen-bond acceptors (Lipinski definition) is 1. The molecule has 0 aliphatic heterocycles. The molecule has 0 heterocycles. The van der Waals surface area contributed by atoms with Gasteiger partial charge in [0.15, 0.2) is 0 Å². The molecule has 0 spiro atoms. The van der Waals surface area contributed by atoms with Gasteiger partial charge in [-0.05, 0) is 49.4 Å². The van der Waals surface area contributed by atoms with Crippen LogP contribution in [0.5, 0.6) is 0 Å². The Morgan fingerprint density at radius 3 is 2.33 bits per heavy atom. The van der Waals surface area contributed by atoms with E-state index in [2.05, 4.69) is 27.7 Å². The molecule has 1 aliphatic carbocycles. The van der Waals surface area contributed by atoms with E-state index in [1.165, 1.54) is 25.7 Å². The van der Waals surface area contributed by atoms with Crippen molar-refractivity contribution in [3.63, 3.8) is 0 Å². The third kappa shape index (κ3) is 4.55. The minimum atomic E-state index is -0.0197. The maximum atomic E-state index is 9.97. The lowest BCUT2D eigenvalue weighted by molar-refractivity contribution is 0.0382. The largest absolute Gasteiger partial charge is 0.393 e. The predicted octanol–water partition coefficient (Wildman–Crippen LogP) is 4.00. The van der Waals surface area contributed by atoms with Crippen LogP contribution >= 0.6 is 0 Å². The summed E-state index contributed by atoms with van der Waals surface area (Å²) in [6.45, 7) is 9.12. The van der Waals surface area contributed by atoms with Crippen LogP contribution in [0.4, 0.5) is 0 Å². The standard InChI is InChI=1S/C14H28O/c1-5-12-7-6-11(10-13(12)15)8-9-14(2,3)4/h11-13,15H,5-10H2,1-4H3. The quantitative estimate of drug-likeness (QED) is 0.749. The van der Waals surface area contributed by atoms with Crippen LogP contribution in [0.1, 0.15) is 66.2 Å². The molecule has 1 saturated carbocycles. The van der Waals surface area contributed by atoms with E-state index >= 15 is 0 Å². The van der Waals surface area contributed by atoms with E-state index in [1.54, 1.807) is 0 Å². The Kier molecular flexibility index (Phi) is 4.64. The maximum Gasteiger partial charge on any atom is 0.0570 e. The second-order valence-corrected chi connectivity index (χ2v) is 6.51. The lowest BCUT2D eigenvalue weighted by Gasteiger charge is -2.33. The zero-order valence-corrected chi connectivity index (χ0v) is 10.9. The van der Waals surface area contributed by atoms with Crippen LogP contribution in [0.25, 0.3) is 0 Å². The molecule has 1 nitrogen and oxygen atoms in total. The smallest absolute Gasteiger partial charge is 0.0570 e. The van der Waals surface area contributed by atoms with Crippen molar-refractivity contribution in [1.82, 2.24) is 0 Å². The minimum absolute atomic E-state index is 0.0197. The monoisotopic (exact) mass is 212 g/mol. The first kappa shape index (κ1) is 13.0. The van der Waals surface area contributed by atoms with Gasteiger partial charge in [-0.3, -0.25) is 0 Å². The van der Waals surface area contributed by atoms with Crippen molar-refractivity contribution in [1.29, 1.82) is 0 Å².